The number of carbonyl (C=O) groups is 1. The molecule has 0 bridgehead atoms. The molecule has 1 saturated heterocycles. The molecule has 6 nitrogen and oxygen atoms in total. The zero-order valence-corrected chi connectivity index (χ0v) is 15.6. The van der Waals surface area contributed by atoms with Gasteiger partial charge in [-0.2, -0.15) is 0 Å². The van der Waals surface area contributed by atoms with E-state index in [2.05, 4.69) is 4.90 Å². The van der Waals surface area contributed by atoms with Crippen LogP contribution in [0.5, 0.6) is 0 Å². The Balaban J connectivity index is 1.36. The van der Waals surface area contributed by atoms with Crippen molar-refractivity contribution in [3.8, 4) is 0 Å². The lowest BCUT2D eigenvalue weighted by Gasteiger charge is -2.36. The molecule has 1 aromatic heterocycles. The quantitative estimate of drug-likeness (QED) is 0.692. The van der Waals surface area contributed by atoms with E-state index in [1.165, 1.54) is 4.57 Å². The molecule has 0 saturated carbocycles. The maximum atomic E-state index is 12.6. The number of carbonyl (C=O) groups excluding carboxylic acids is 1. The van der Waals surface area contributed by atoms with Crippen LogP contribution in [-0.2, 0) is 11.3 Å². The molecule has 0 atom stereocenters. The van der Waals surface area contributed by atoms with Gasteiger partial charge < -0.3 is 14.2 Å². The topological polar surface area (TPSA) is 58.7 Å². The normalized spacial score (nSPS) is 14.7. The number of aryl methyl sites for hydroxylation is 1. The van der Waals surface area contributed by atoms with E-state index in [1.54, 1.807) is 6.07 Å². The molecule has 140 valence electrons. The Labute approximate surface area is 161 Å². The first-order valence-corrected chi connectivity index (χ1v) is 9.36. The molecule has 0 aliphatic carbocycles. The van der Waals surface area contributed by atoms with Gasteiger partial charge in [0.1, 0.15) is 0 Å². The molecular weight excluding hydrogens is 366 g/mol. The van der Waals surface area contributed by atoms with Gasteiger partial charge in [-0.1, -0.05) is 29.8 Å². The fourth-order valence-electron chi connectivity index (χ4n) is 3.48. The molecule has 2 heterocycles. The molecule has 2 aromatic carbocycles. The Hall–Kier alpha value is -2.73. The third-order valence-electron chi connectivity index (χ3n) is 4.93. The Morgan fingerprint density at radius 3 is 2.59 bits per heavy atom. The number of aromatic nitrogens is 1. The van der Waals surface area contributed by atoms with Crippen molar-refractivity contribution in [3.05, 3.63) is 64.1 Å². The number of fused-ring (bicyclic) bond motifs is 1. The van der Waals surface area contributed by atoms with Crippen molar-refractivity contribution < 1.29 is 9.21 Å². The number of hydrogen-bond donors (Lipinski definition) is 0. The number of amides is 1. The minimum Gasteiger partial charge on any atom is -0.408 e. The largest absolute Gasteiger partial charge is 0.419 e. The highest BCUT2D eigenvalue weighted by Crippen LogP contribution is 2.21. The Bertz CT molecular complexity index is 1020. The van der Waals surface area contributed by atoms with Gasteiger partial charge >= 0.3 is 5.76 Å². The Morgan fingerprint density at radius 1 is 1.04 bits per heavy atom. The average molecular weight is 386 g/mol. The molecule has 0 N–H and O–H groups in total. The van der Waals surface area contributed by atoms with E-state index in [4.69, 9.17) is 16.0 Å². The Kier molecular flexibility index (Phi) is 4.90. The van der Waals surface area contributed by atoms with Gasteiger partial charge in [0, 0.05) is 49.9 Å². The summed E-state index contributed by atoms with van der Waals surface area (Å²) in [6.45, 7) is 3.17. The van der Waals surface area contributed by atoms with Crippen LogP contribution in [0.1, 0.15) is 6.42 Å². The molecule has 1 amide bonds. The lowest BCUT2D eigenvalue weighted by molar-refractivity contribution is -0.131. The number of para-hydroxylation sites is 2. The minimum atomic E-state index is -0.422. The molecule has 0 unspecified atom stereocenters. The molecule has 3 aromatic rings. The summed E-state index contributed by atoms with van der Waals surface area (Å²) in [4.78, 5) is 28.7. The van der Waals surface area contributed by atoms with Gasteiger partial charge in [-0.25, -0.2) is 4.79 Å². The fraction of sp³-hybridized carbons (Fsp3) is 0.300. The van der Waals surface area contributed by atoms with Crippen molar-refractivity contribution in [3.63, 3.8) is 0 Å². The third kappa shape index (κ3) is 3.71. The van der Waals surface area contributed by atoms with Gasteiger partial charge in [0.25, 0.3) is 0 Å². The van der Waals surface area contributed by atoms with Gasteiger partial charge in [-0.15, -0.1) is 0 Å². The van der Waals surface area contributed by atoms with Crippen molar-refractivity contribution in [2.24, 2.45) is 0 Å². The average Bonchev–Trinajstić information content (AvgIpc) is 3.01. The van der Waals surface area contributed by atoms with Crippen molar-refractivity contribution in [2.75, 3.05) is 31.1 Å². The molecule has 1 aliphatic rings. The van der Waals surface area contributed by atoms with E-state index in [-0.39, 0.29) is 12.3 Å². The standard InChI is InChI=1S/C20H20ClN3O3/c21-15-4-3-5-16(14-15)22-10-12-23(13-11-22)19(25)8-9-24-17-6-1-2-7-18(17)27-20(24)26/h1-7,14H,8-13H2. The third-order valence-corrected chi connectivity index (χ3v) is 5.16. The first-order valence-electron chi connectivity index (χ1n) is 8.98. The number of rotatable bonds is 4. The van der Waals surface area contributed by atoms with Crippen molar-refractivity contribution in [1.29, 1.82) is 0 Å². The van der Waals surface area contributed by atoms with E-state index in [9.17, 15) is 9.59 Å². The molecule has 1 aliphatic heterocycles. The van der Waals surface area contributed by atoms with Crippen LogP contribution in [0, 0.1) is 0 Å². The van der Waals surface area contributed by atoms with Crippen LogP contribution in [0.3, 0.4) is 0 Å². The van der Waals surface area contributed by atoms with E-state index >= 15 is 0 Å². The number of oxazole rings is 1. The minimum absolute atomic E-state index is 0.0536. The zero-order chi connectivity index (χ0) is 18.8. The number of piperazine rings is 1. The molecule has 0 spiro atoms. The smallest absolute Gasteiger partial charge is 0.408 e. The predicted molar refractivity (Wildman–Crippen MR) is 105 cm³/mol. The van der Waals surface area contributed by atoms with Crippen molar-refractivity contribution in [2.45, 2.75) is 13.0 Å². The maximum absolute atomic E-state index is 12.6. The van der Waals surface area contributed by atoms with Crippen LogP contribution in [0.4, 0.5) is 5.69 Å². The summed E-state index contributed by atoms with van der Waals surface area (Å²) >= 11 is 6.06. The highest BCUT2D eigenvalue weighted by molar-refractivity contribution is 6.30. The predicted octanol–water partition coefficient (Wildman–Crippen LogP) is 2.99. The first-order chi connectivity index (χ1) is 13.1. The van der Waals surface area contributed by atoms with E-state index in [1.807, 2.05) is 47.4 Å². The highest BCUT2D eigenvalue weighted by Gasteiger charge is 2.21. The number of hydrogen-bond acceptors (Lipinski definition) is 4. The molecule has 27 heavy (non-hydrogen) atoms. The lowest BCUT2D eigenvalue weighted by Crippen LogP contribution is -2.49. The summed E-state index contributed by atoms with van der Waals surface area (Å²) in [5.41, 5.74) is 2.34. The number of benzene rings is 2. The second-order valence-corrected chi connectivity index (χ2v) is 7.02. The summed E-state index contributed by atoms with van der Waals surface area (Å²) in [5, 5.41) is 0.712. The summed E-state index contributed by atoms with van der Waals surface area (Å²) in [7, 11) is 0. The molecule has 1 fully saturated rings. The molecule has 4 rings (SSSR count). The number of anilines is 1. The number of nitrogens with zero attached hydrogens (tertiary/aromatic N) is 3. The zero-order valence-electron chi connectivity index (χ0n) is 14.8. The lowest BCUT2D eigenvalue weighted by atomic mass is 10.2. The van der Waals surface area contributed by atoms with Crippen molar-refractivity contribution >= 4 is 34.3 Å². The maximum Gasteiger partial charge on any atom is 0.419 e. The van der Waals surface area contributed by atoms with Crippen LogP contribution < -0.4 is 10.7 Å². The summed E-state index contributed by atoms with van der Waals surface area (Å²) < 4.78 is 6.74. The summed E-state index contributed by atoms with van der Waals surface area (Å²) in [6.07, 6.45) is 0.278. The number of halogens is 1. The van der Waals surface area contributed by atoms with E-state index < -0.39 is 5.76 Å². The second kappa shape index (κ2) is 7.48. The van der Waals surface area contributed by atoms with Crippen LogP contribution in [0.2, 0.25) is 5.02 Å². The first kappa shape index (κ1) is 17.7. The van der Waals surface area contributed by atoms with Crippen LogP contribution in [0.15, 0.2) is 57.7 Å². The van der Waals surface area contributed by atoms with Crippen molar-refractivity contribution in [1.82, 2.24) is 9.47 Å². The summed E-state index contributed by atoms with van der Waals surface area (Å²) in [5.74, 6) is -0.368. The van der Waals surface area contributed by atoms with Gasteiger partial charge in [0.15, 0.2) is 5.58 Å². The van der Waals surface area contributed by atoms with E-state index in [0.29, 0.717) is 30.2 Å². The molecule has 0 radical (unpaired) electrons. The molecular formula is C20H20ClN3O3. The fourth-order valence-corrected chi connectivity index (χ4v) is 3.66. The molecule has 7 heteroatoms. The van der Waals surface area contributed by atoms with Gasteiger partial charge in [-0.3, -0.25) is 9.36 Å². The SMILES string of the molecule is O=C(CCn1c(=O)oc2ccccc21)N1CCN(c2cccc(Cl)c2)CC1. The Morgan fingerprint density at radius 2 is 1.81 bits per heavy atom. The summed E-state index contributed by atoms with van der Waals surface area (Å²) in [6, 6.07) is 15.0. The van der Waals surface area contributed by atoms with Gasteiger partial charge in [0.2, 0.25) is 5.91 Å². The van der Waals surface area contributed by atoms with Crippen LogP contribution in [0.25, 0.3) is 11.1 Å². The van der Waals surface area contributed by atoms with Crippen LogP contribution in [-0.4, -0.2) is 41.6 Å². The second-order valence-electron chi connectivity index (χ2n) is 6.59. The monoisotopic (exact) mass is 385 g/mol. The van der Waals surface area contributed by atoms with Gasteiger partial charge in [-0.05, 0) is 30.3 Å². The van der Waals surface area contributed by atoms with E-state index in [0.717, 1.165) is 24.3 Å². The highest BCUT2D eigenvalue weighted by atomic mass is 35.5. The van der Waals surface area contributed by atoms with Gasteiger partial charge in [0.05, 0.1) is 5.52 Å². The van der Waals surface area contributed by atoms with Crippen LogP contribution >= 0.6 is 11.6 Å².